The first kappa shape index (κ1) is 14.8. The number of nitrogens with zero attached hydrogens (tertiary/aromatic N) is 2. The minimum absolute atomic E-state index is 0.352. The van der Waals surface area contributed by atoms with E-state index < -0.39 is 0 Å². The minimum Gasteiger partial charge on any atom is -0.465 e. The SMILES string of the molecule is COC(=O)c1cccnc1NCCN1CCCCCC1. The Kier molecular flexibility index (Phi) is 5.80. The first-order valence-electron chi connectivity index (χ1n) is 7.31. The van der Waals surface area contributed by atoms with Crippen LogP contribution >= 0.6 is 0 Å². The number of aromatic nitrogens is 1. The Morgan fingerprint density at radius 3 is 2.80 bits per heavy atom. The van der Waals surface area contributed by atoms with Gasteiger partial charge in [-0.25, -0.2) is 9.78 Å². The maximum Gasteiger partial charge on any atom is 0.341 e. The molecule has 1 fully saturated rings. The van der Waals surface area contributed by atoms with Crippen molar-refractivity contribution in [2.75, 3.05) is 38.6 Å². The van der Waals surface area contributed by atoms with E-state index in [0.29, 0.717) is 11.4 Å². The second-order valence-corrected chi connectivity index (χ2v) is 5.07. The summed E-state index contributed by atoms with van der Waals surface area (Å²) in [4.78, 5) is 18.3. The standard InChI is InChI=1S/C15H23N3O2/c1-20-15(19)13-7-6-8-16-14(13)17-9-12-18-10-4-2-3-5-11-18/h6-8H,2-5,9-12H2,1H3,(H,16,17). The lowest BCUT2D eigenvalue weighted by Crippen LogP contribution is -2.30. The number of hydrogen-bond donors (Lipinski definition) is 1. The lowest BCUT2D eigenvalue weighted by molar-refractivity contribution is 0.0601. The molecule has 0 spiro atoms. The molecule has 0 amide bonds. The van der Waals surface area contributed by atoms with E-state index in [-0.39, 0.29) is 5.97 Å². The maximum absolute atomic E-state index is 11.6. The van der Waals surface area contributed by atoms with Gasteiger partial charge in [-0.1, -0.05) is 12.8 Å². The number of carbonyl (C=O) groups is 1. The predicted molar refractivity (Wildman–Crippen MR) is 79.0 cm³/mol. The van der Waals surface area contributed by atoms with Gasteiger partial charge in [-0.2, -0.15) is 0 Å². The topological polar surface area (TPSA) is 54.5 Å². The Labute approximate surface area is 120 Å². The molecule has 1 saturated heterocycles. The molecule has 0 saturated carbocycles. The van der Waals surface area contributed by atoms with Crippen LogP contribution in [0.5, 0.6) is 0 Å². The van der Waals surface area contributed by atoms with Gasteiger partial charge < -0.3 is 15.0 Å². The third-order valence-electron chi connectivity index (χ3n) is 3.63. The van der Waals surface area contributed by atoms with Crippen LogP contribution in [0.25, 0.3) is 0 Å². The molecule has 0 bridgehead atoms. The summed E-state index contributed by atoms with van der Waals surface area (Å²) in [5, 5.41) is 3.24. The van der Waals surface area contributed by atoms with E-state index in [1.807, 2.05) is 0 Å². The Bertz CT molecular complexity index is 429. The van der Waals surface area contributed by atoms with E-state index in [1.54, 1.807) is 18.3 Å². The van der Waals surface area contributed by atoms with Crippen molar-refractivity contribution in [3.63, 3.8) is 0 Å². The summed E-state index contributed by atoms with van der Waals surface area (Å²) in [6.07, 6.45) is 6.95. The Morgan fingerprint density at radius 2 is 2.10 bits per heavy atom. The minimum atomic E-state index is -0.352. The maximum atomic E-state index is 11.6. The number of rotatable bonds is 5. The van der Waals surface area contributed by atoms with Gasteiger partial charge in [0, 0.05) is 19.3 Å². The number of nitrogens with one attached hydrogen (secondary N) is 1. The molecule has 20 heavy (non-hydrogen) atoms. The molecule has 0 radical (unpaired) electrons. The highest BCUT2D eigenvalue weighted by molar-refractivity contribution is 5.94. The molecule has 5 heteroatoms. The Morgan fingerprint density at radius 1 is 1.35 bits per heavy atom. The molecule has 1 aliphatic heterocycles. The fraction of sp³-hybridized carbons (Fsp3) is 0.600. The number of ether oxygens (including phenoxy) is 1. The molecule has 1 aromatic heterocycles. The summed E-state index contributed by atoms with van der Waals surface area (Å²) in [6, 6.07) is 3.47. The lowest BCUT2D eigenvalue weighted by atomic mass is 10.2. The van der Waals surface area contributed by atoms with Crippen LogP contribution in [0, 0.1) is 0 Å². The number of methoxy groups -OCH3 is 1. The molecule has 5 nitrogen and oxygen atoms in total. The van der Waals surface area contributed by atoms with E-state index in [1.165, 1.54) is 45.9 Å². The average Bonchev–Trinajstić information content (AvgIpc) is 2.76. The van der Waals surface area contributed by atoms with Gasteiger partial charge in [0.1, 0.15) is 11.4 Å². The van der Waals surface area contributed by atoms with Crippen LogP contribution < -0.4 is 5.32 Å². The van der Waals surface area contributed by atoms with Crippen molar-refractivity contribution in [1.82, 2.24) is 9.88 Å². The number of likely N-dealkylation sites (tertiary alicyclic amines) is 1. The van der Waals surface area contributed by atoms with E-state index >= 15 is 0 Å². The van der Waals surface area contributed by atoms with Crippen molar-refractivity contribution >= 4 is 11.8 Å². The van der Waals surface area contributed by atoms with Crippen LogP contribution in [0.15, 0.2) is 18.3 Å². The van der Waals surface area contributed by atoms with Crippen LogP contribution in [-0.2, 0) is 4.74 Å². The van der Waals surface area contributed by atoms with Crippen LogP contribution in [0.3, 0.4) is 0 Å². The van der Waals surface area contributed by atoms with Gasteiger partial charge in [0.25, 0.3) is 0 Å². The summed E-state index contributed by atoms with van der Waals surface area (Å²) < 4.78 is 4.76. The first-order valence-corrected chi connectivity index (χ1v) is 7.31. The smallest absolute Gasteiger partial charge is 0.341 e. The van der Waals surface area contributed by atoms with Crippen molar-refractivity contribution in [2.45, 2.75) is 25.7 Å². The van der Waals surface area contributed by atoms with Crippen molar-refractivity contribution in [3.8, 4) is 0 Å². The number of pyridine rings is 1. The number of carbonyl (C=O) groups excluding carboxylic acids is 1. The molecule has 110 valence electrons. The van der Waals surface area contributed by atoms with Crippen molar-refractivity contribution in [1.29, 1.82) is 0 Å². The predicted octanol–water partition coefficient (Wildman–Crippen LogP) is 2.16. The molecule has 2 heterocycles. The van der Waals surface area contributed by atoms with Gasteiger partial charge in [-0.3, -0.25) is 0 Å². The summed E-state index contributed by atoms with van der Waals surface area (Å²) in [5.74, 6) is 0.254. The zero-order chi connectivity index (χ0) is 14.2. The normalized spacial score (nSPS) is 16.4. The zero-order valence-corrected chi connectivity index (χ0v) is 12.1. The third kappa shape index (κ3) is 4.20. The molecule has 0 aromatic carbocycles. The molecule has 1 aliphatic rings. The first-order chi connectivity index (χ1) is 9.81. The van der Waals surface area contributed by atoms with E-state index in [9.17, 15) is 4.79 Å². The highest BCUT2D eigenvalue weighted by atomic mass is 16.5. The van der Waals surface area contributed by atoms with Gasteiger partial charge in [-0.05, 0) is 38.1 Å². The Hall–Kier alpha value is -1.62. The molecular weight excluding hydrogens is 254 g/mol. The lowest BCUT2D eigenvalue weighted by Gasteiger charge is -2.20. The summed E-state index contributed by atoms with van der Waals surface area (Å²) in [7, 11) is 1.39. The molecule has 2 rings (SSSR count). The van der Waals surface area contributed by atoms with E-state index in [0.717, 1.165) is 13.1 Å². The van der Waals surface area contributed by atoms with Gasteiger partial charge in [0.15, 0.2) is 0 Å². The van der Waals surface area contributed by atoms with Crippen LogP contribution in [-0.4, -0.2) is 49.1 Å². The molecular formula is C15H23N3O2. The van der Waals surface area contributed by atoms with Gasteiger partial charge in [-0.15, -0.1) is 0 Å². The number of anilines is 1. The number of esters is 1. The second kappa shape index (κ2) is 7.85. The van der Waals surface area contributed by atoms with Gasteiger partial charge in [0.2, 0.25) is 0 Å². The largest absolute Gasteiger partial charge is 0.465 e. The van der Waals surface area contributed by atoms with Crippen molar-refractivity contribution in [2.24, 2.45) is 0 Å². The molecule has 1 N–H and O–H groups in total. The third-order valence-corrected chi connectivity index (χ3v) is 3.63. The van der Waals surface area contributed by atoms with Crippen LogP contribution in [0.2, 0.25) is 0 Å². The van der Waals surface area contributed by atoms with Crippen molar-refractivity contribution < 1.29 is 9.53 Å². The highest BCUT2D eigenvalue weighted by Gasteiger charge is 2.13. The van der Waals surface area contributed by atoms with E-state index in [4.69, 9.17) is 4.74 Å². The monoisotopic (exact) mass is 277 g/mol. The van der Waals surface area contributed by atoms with Gasteiger partial charge in [0.05, 0.1) is 7.11 Å². The molecule has 0 atom stereocenters. The summed E-state index contributed by atoms with van der Waals surface area (Å²) in [5.41, 5.74) is 0.492. The van der Waals surface area contributed by atoms with Gasteiger partial charge >= 0.3 is 5.97 Å². The summed E-state index contributed by atoms with van der Waals surface area (Å²) in [6.45, 7) is 4.12. The van der Waals surface area contributed by atoms with Crippen molar-refractivity contribution in [3.05, 3.63) is 23.9 Å². The number of hydrogen-bond acceptors (Lipinski definition) is 5. The zero-order valence-electron chi connectivity index (χ0n) is 12.1. The quantitative estimate of drug-likeness (QED) is 0.836. The second-order valence-electron chi connectivity index (χ2n) is 5.07. The molecule has 1 aromatic rings. The van der Waals surface area contributed by atoms with Crippen LogP contribution in [0.4, 0.5) is 5.82 Å². The van der Waals surface area contributed by atoms with E-state index in [2.05, 4.69) is 15.2 Å². The average molecular weight is 277 g/mol. The fourth-order valence-electron chi connectivity index (χ4n) is 2.51. The van der Waals surface area contributed by atoms with Crippen LogP contribution in [0.1, 0.15) is 36.0 Å². The molecule has 0 aliphatic carbocycles. The molecule has 0 unspecified atom stereocenters. The summed E-state index contributed by atoms with van der Waals surface area (Å²) >= 11 is 0. The fourth-order valence-corrected chi connectivity index (χ4v) is 2.51. The Balaban J connectivity index is 1.85. The highest BCUT2D eigenvalue weighted by Crippen LogP contribution is 2.13.